The number of imidazole rings is 1. The van der Waals surface area contributed by atoms with Gasteiger partial charge in [0.15, 0.2) is 0 Å². The third-order valence-electron chi connectivity index (χ3n) is 2.74. The van der Waals surface area contributed by atoms with Gasteiger partial charge in [-0.1, -0.05) is 0 Å². The van der Waals surface area contributed by atoms with Crippen molar-refractivity contribution < 1.29 is 5.11 Å². The van der Waals surface area contributed by atoms with E-state index in [2.05, 4.69) is 9.97 Å². The molecule has 0 fully saturated rings. The van der Waals surface area contributed by atoms with Crippen molar-refractivity contribution in [2.24, 2.45) is 7.05 Å². The summed E-state index contributed by atoms with van der Waals surface area (Å²) < 4.78 is 2.01. The SMILES string of the molecule is Cc1c(-c2cccnc2)nc(CCO)n1C. The van der Waals surface area contributed by atoms with Crippen molar-refractivity contribution in [3.8, 4) is 11.3 Å². The minimum atomic E-state index is 0.122. The number of aromatic nitrogens is 3. The van der Waals surface area contributed by atoms with E-state index in [-0.39, 0.29) is 6.61 Å². The normalized spacial score (nSPS) is 10.7. The maximum absolute atomic E-state index is 8.95. The Morgan fingerprint density at radius 3 is 2.88 bits per heavy atom. The summed E-state index contributed by atoms with van der Waals surface area (Å²) >= 11 is 0. The van der Waals surface area contributed by atoms with E-state index in [9.17, 15) is 0 Å². The van der Waals surface area contributed by atoms with Crippen LogP contribution >= 0.6 is 0 Å². The molecule has 0 atom stereocenters. The molecule has 0 spiro atoms. The van der Waals surface area contributed by atoms with Gasteiger partial charge in [0.1, 0.15) is 5.82 Å². The number of hydrogen-bond donors (Lipinski definition) is 1. The second-order valence-electron chi connectivity index (χ2n) is 3.74. The van der Waals surface area contributed by atoms with E-state index in [1.165, 1.54) is 0 Å². The van der Waals surface area contributed by atoms with Crippen molar-refractivity contribution in [1.29, 1.82) is 0 Å². The van der Waals surface area contributed by atoms with Crippen LogP contribution < -0.4 is 0 Å². The molecule has 0 bridgehead atoms. The van der Waals surface area contributed by atoms with Gasteiger partial charge in [-0.15, -0.1) is 0 Å². The molecule has 0 aliphatic heterocycles. The lowest BCUT2D eigenvalue weighted by molar-refractivity contribution is 0.295. The Labute approximate surface area is 94.6 Å². The van der Waals surface area contributed by atoms with Crippen LogP contribution in [0.3, 0.4) is 0 Å². The van der Waals surface area contributed by atoms with Gasteiger partial charge >= 0.3 is 0 Å². The lowest BCUT2D eigenvalue weighted by Crippen LogP contribution is -2.01. The van der Waals surface area contributed by atoms with Crippen molar-refractivity contribution in [2.45, 2.75) is 13.3 Å². The van der Waals surface area contributed by atoms with Gasteiger partial charge < -0.3 is 9.67 Å². The molecule has 1 N–H and O–H groups in total. The predicted octanol–water partition coefficient (Wildman–Crippen LogP) is 1.33. The van der Waals surface area contributed by atoms with E-state index < -0.39 is 0 Å². The van der Waals surface area contributed by atoms with Crippen LogP contribution in [0.1, 0.15) is 11.5 Å². The zero-order chi connectivity index (χ0) is 11.5. The highest BCUT2D eigenvalue weighted by molar-refractivity contribution is 5.60. The molecule has 4 nitrogen and oxygen atoms in total. The molecule has 84 valence electrons. The van der Waals surface area contributed by atoms with E-state index in [1.807, 2.05) is 30.7 Å². The molecule has 0 unspecified atom stereocenters. The van der Waals surface area contributed by atoms with Crippen LogP contribution in [-0.2, 0) is 13.5 Å². The number of nitrogens with zero attached hydrogens (tertiary/aromatic N) is 3. The Bertz CT molecular complexity index is 477. The number of hydrogen-bond acceptors (Lipinski definition) is 3. The molecule has 0 amide bonds. The van der Waals surface area contributed by atoms with Crippen LogP contribution in [-0.4, -0.2) is 26.2 Å². The minimum absolute atomic E-state index is 0.122. The summed E-state index contributed by atoms with van der Waals surface area (Å²) in [5, 5.41) is 8.95. The highest BCUT2D eigenvalue weighted by Gasteiger charge is 2.11. The Morgan fingerprint density at radius 2 is 2.25 bits per heavy atom. The first-order chi connectivity index (χ1) is 7.74. The van der Waals surface area contributed by atoms with E-state index in [0.717, 1.165) is 22.8 Å². The van der Waals surface area contributed by atoms with Crippen molar-refractivity contribution >= 4 is 0 Å². The topological polar surface area (TPSA) is 50.9 Å². The standard InChI is InChI=1S/C12H15N3O/c1-9-12(10-4-3-6-13-8-10)14-11(5-7-16)15(9)2/h3-4,6,8,16H,5,7H2,1-2H3. The van der Waals surface area contributed by atoms with Gasteiger partial charge in [0.05, 0.1) is 12.3 Å². The van der Waals surface area contributed by atoms with Gasteiger partial charge in [0, 0.05) is 37.1 Å². The van der Waals surface area contributed by atoms with Crippen LogP contribution in [0.15, 0.2) is 24.5 Å². The summed E-state index contributed by atoms with van der Waals surface area (Å²) in [6.45, 7) is 2.15. The number of aliphatic hydroxyl groups is 1. The fourth-order valence-corrected chi connectivity index (χ4v) is 1.74. The maximum Gasteiger partial charge on any atom is 0.111 e. The summed E-state index contributed by atoms with van der Waals surface area (Å²) in [5.41, 5.74) is 3.05. The molecule has 0 aliphatic rings. The number of aliphatic hydroxyl groups excluding tert-OH is 1. The summed E-state index contributed by atoms with van der Waals surface area (Å²) in [5.74, 6) is 0.902. The highest BCUT2D eigenvalue weighted by Crippen LogP contribution is 2.21. The number of rotatable bonds is 3. The van der Waals surface area contributed by atoms with Gasteiger partial charge in [-0.05, 0) is 19.1 Å². The zero-order valence-corrected chi connectivity index (χ0v) is 9.51. The zero-order valence-electron chi connectivity index (χ0n) is 9.51. The van der Waals surface area contributed by atoms with Crippen molar-refractivity contribution in [3.05, 3.63) is 36.0 Å². The summed E-state index contributed by atoms with van der Waals surface area (Å²) in [6.07, 6.45) is 4.13. The summed E-state index contributed by atoms with van der Waals surface area (Å²) in [4.78, 5) is 8.62. The fourth-order valence-electron chi connectivity index (χ4n) is 1.74. The number of pyridine rings is 1. The van der Waals surface area contributed by atoms with E-state index in [1.54, 1.807) is 12.4 Å². The third kappa shape index (κ3) is 1.84. The van der Waals surface area contributed by atoms with Gasteiger partial charge in [0.25, 0.3) is 0 Å². The first kappa shape index (κ1) is 10.8. The molecule has 0 aromatic carbocycles. The van der Waals surface area contributed by atoms with Gasteiger partial charge in [-0.2, -0.15) is 0 Å². The second-order valence-corrected chi connectivity index (χ2v) is 3.74. The van der Waals surface area contributed by atoms with E-state index >= 15 is 0 Å². The smallest absolute Gasteiger partial charge is 0.111 e. The average molecular weight is 217 g/mol. The molecular formula is C12H15N3O. The Morgan fingerprint density at radius 1 is 1.44 bits per heavy atom. The van der Waals surface area contributed by atoms with Gasteiger partial charge in [-0.25, -0.2) is 4.98 Å². The van der Waals surface area contributed by atoms with Crippen LogP contribution in [0.25, 0.3) is 11.3 Å². The molecule has 2 aromatic heterocycles. The molecule has 16 heavy (non-hydrogen) atoms. The van der Waals surface area contributed by atoms with Gasteiger partial charge in [0.2, 0.25) is 0 Å². The van der Waals surface area contributed by atoms with Crippen molar-refractivity contribution in [3.63, 3.8) is 0 Å². The average Bonchev–Trinajstić information content (AvgIpc) is 2.59. The molecule has 0 saturated heterocycles. The lowest BCUT2D eigenvalue weighted by Gasteiger charge is -2.00. The molecule has 2 aromatic rings. The Hall–Kier alpha value is -1.68. The quantitative estimate of drug-likeness (QED) is 0.843. The highest BCUT2D eigenvalue weighted by atomic mass is 16.3. The van der Waals surface area contributed by atoms with Crippen LogP contribution in [0, 0.1) is 6.92 Å². The maximum atomic E-state index is 8.95. The predicted molar refractivity (Wildman–Crippen MR) is 62.0 cm³/mol. The Balaban J connectivity index is 2.46. The second kappa shape index (κ2) is 4.45. The molecule has 0 saturated carbocycles. The lowest BCUT2D eigenvalue weighted by atomic mass is 10.2. The van der Waals surface area contributed by atoms with Crippen molar-refractivity contribution in [1.82, 2.24) is 14.5 Å². The molecular weight excluding hydrogens is 202 g/mol. The minimum Gasteiger partial charge on any atom is -0.396 e. The summed E-state index contributed by atoms with van der Waals surface area (Å²) in [7, 11) is 1.97. The first-order valence-corrected chi connectivity index (χ1v) is 5.27. The molecule has 2 heterocycles. The molecule has 2 rings (SSSR count). The van der Waals surface area contributed by atoms with Crippen LogP contribution in [0.4, 0.5) is 0 Å². The van der Waals surface area contributed by atoms with E-state index in [0.29, 0.717) is 6.42 Å². The molecule has 0 aliphatic carbocycles. The molecule has 4 heteroatoms. The van der Waals surface area contributed by atoms with Crippen molar-refractivity contribution in [2.75, 3.05) is 6.61 Å². The third-order valence-corrected chi connectivity index (χ3v) is 2.74. The molecule has 0 radical (unpaired) electrons. The van der Waals surface area contributed by atoms with E-state index in [4.69, 9.17) is 5.11 Å². The Kier molecular flexibility index (Phi) is 3.01. The summed E-state index contributed by atoms with van der Waals surface area (Å²) in [6, 6.07) is 3.89. The largest absolute Gasteiger partial charge is 0.396 e. The monoisotopic (exact) mass is 217 g/mol. The first-order valence-electron chi connectivity index (χ1n) is 5.27. The van der Waals surface area contributed by atoms with Crippen LogP contribution in [0.5, 0.6) is 0 Å². The van der Waals surface area contributed by atoms with Gasteiger partial charge in [-0.3, -0.25) is 4.98 Å². The van der Waals surface area contributed by atoms with Crippen LogP contribution in [0.2, 0.25) is 0 Å². The fraction of sp³-hybridized carbons (Fsp3) is 0.333.